The normalized spacial score (nSPS) is 14.1. The lowest BCUT2D eigenvalue weighted by atomic mass is 9.91. The number of carbonyl (C=O) groups is 4. The number of ether oxygens (including phenoxy) is 5. The van der Waals surface area contributed by atoms with Gasteiger partial charge in [-0.25, -0.2) is 14.1 Å². The Labute approximate surface area is 318 Å². The zero-order valence-electron chi connectivity index (χ0n) is 31.7. The van der Waals surface area contributed by atoms with Crippen LogP contribution in [0, 0.1) is 5.82 Å². The monoisotopic (exact) mass is 759 g/mol. The molecule has 1 unspecified atom stereocenters. The van der Waals surface area contributed by atoms with Crippen molar-refractivity contribution in [3.63, 3.8) is 0 Å². The van der Waals surface area contributed by atoms with E-state index in [0.717, 1.165) is 4.90 Å². The number of aromatic amines is 1. The molecule has 0 spiro atoms. The standard InChI is InChI=1S/C40H46FN5O9/c1-40(2,3)55-39(50)46-22-23(16-17-31(51-4)52-5)33-32(38(46)49)35(44-28-14-9-13-27(41)36(28)53-6)34(45-33)26-18-19-43-21-30(26)54-20-10-15-29(47)24-11-7-8-12-25(24)37(42)48/h7-9,11-14,18-19,21,23,31,44-45H,10,15-17,20,22H2,1-6H3,(H2,42,48). The van der Waals surface area contributed by atoms with Gasteiger partial charge in [0.2, 0.25) is 5.91 Å². The minimum atomic E-state index is -0.886. The second kappa shape index (κ2) is 17.6. The van der Waals surface area contributed by atoms with Crippen LogP contribution in [0.2, 0.25) is 0 Å². The molecule has 4 N–H and O–H groups in total. The topological polar surface area (TPSA) is 184 Å². The number of ketones is 1. The number of para-hydroxylation sites is 1. The summed E-state index contributed by atoms with van der Waals surface area (Å²) in [5, 5.41) is 3.22. The summed E-state index contributed by atoms with van der Waals surface area (Å²) in [5.74, 6) is -2.44. The van der Waals surface area contributed by atoms with Gasteiger partial charge in [-0.3, -0.25) is 19.4 Å². The van der Waals surface area contributed by atoms with Crippen molar-refractivity contribution in [2.24, 2.45) is 5.73 Å². The van der Waals surface area contributed by atoms with Crippen molar-refractivity contribution in [1.82, 2.24) is 14.9 Å². The minimum Gasteiger partial charge on any atom is -0.492 e. The third kappa shape index (κ3) is 9.30. The van der Waals surface area contributed by atoms with Gasteiger partial charge >= 0.3 is 6.09 Å². The zero-order chi connectivity index (χ0) is 39.9. The molecule has 0 saturated heterocycles. The highest BCUT2D eigenvalue weighted by Gasteiger charge is 2.42. The number of fused-ring (bicyclic) bond motifs is 1. The van der Waals surface area contributed by atoms with E-state index in [4.69, 9.17) is 29.4 Å². The van der Waals surface area contributed by atoms with Crippen molar-refractivity contribution in [2.75, 3.05) is 39.8 Å². The number of H-pyrrole nitrogens is 1. The van der Waals surface area contributed by atoms with Gasteiger partial charge in [0.1, 0.15) is 11.4 Å². The first-order chi connectivity index (χ1) is 26.3. The van der Waals surface area contributed by atoms with E-state index in [2.05, 4.69) is 15.3 Å². The third-order valence-electron chi connectivity index (χ3n) is 8.97. The number of carbonyl (C=O) groups excluding carboxylic acids is 4. The number of aromatic nitrogens is 2. The van der Waals surface area contributed by atoms with Gasteiger partial charge in [0.25, 0.3) is 5.91 Å². The maximum absolute atomic E-state index is 15.0. The van der Waals surface area contributed by atoms with E-state index in [1.54, 1.807) is 57.3 Å². The number of Topliss-reactive ketones (excluding diaryl/α,β-unsaturated/α-hetero) is 1. The second-order valence-corrected chi connectivity index (χ2v) is 13.8. The molecule has 55 heavy (non-hydrogen) atoms. The van der Waals surface area contributed by atoms with E-state index >= 15 is 4.39 Å². The number of methoxy groups -OCH3 is 3. The van der Waals surface area contributed by atoms with Crippen LogP contribution in [-0.2, 0) is 14.2 Å². The van der Waals surface area contributed by atoms with Crippen molar-refractivity contribution in [3.8, 4) is 22.8 Å². The number of halogens is 1. The average molecular weight is 760 g/mol. The van der Waals surface area contributed by atoms with E-state index < -0.39 is 41.5 Å². The highest BCUT2D eigenvalue weighted by atomic mass is 19.1. The first kappa shape index (κ1) is 40.4. The molecule has 3 amide bonds. The van der Waals surface area contributed by atoms with E-state index in [1.807, 2.05) is 0 Å². The summed E-state index contributed by atoms with van der Waals surface area (Å²) in [6, 6.07) is 12.4. The SMILES string of the molecule is COc1c(F)cccc1Nc1c(-c2ccncc2OCCCC(=O)c2ccccc2C(N)=O)[nH]c2c1C(=O)N(C(=O)OC(C)(C)C)CC2CCC(OC)OC. The van der Waals surface area contributed by atoms with Crippen LogP contribution in [0.25, 0.3) is 11.3 Å². The molecule has 0 fully saturated rings. The number of rotatable bonds is 16. The first-order valence-electron chi connectivity index (χ1n) is 17.7. The van der Waals surface area contributed by atoms with Crippen LogP contribution in [0.5, 0.6) is 11.5 Å². The van der Waals surface area contributed by atoms with Gasteiger partial charge in [-0.15, -0.1) is 0 Å². The number of pyridine rings is 1. The van der Waals surface area contributed by atoms with E-state index in [0.29, 0.717) is 42.0 Å². The summed E-state index contributed by atoms with van der Waals surface area (Å²) >= 11 is 0. The Bertz CT molecular complexity index is 2040. The Balaban J connectivity index is 1.56. The van der Waals surface area contributed by atoms with Gasteiger partial charge in [0.15, 0.2) is 23.6 Å². The fraction of sp³-hybridized carbons (Fsp3) is 0.375. The first-order valence-corrected chi connectivity index (χ1v) is 17.7. The zero-order valence-corrected chi connectivity index (χ0v) is 31.7. The predicted octanol–water partition coefficient (Wildman–Crippen LogP) is 6.98. The van der Waals surface area contributed by atoms with Crippen molar-refractivity contribution in [1.29, 1.82) is 0 Å². The molecule has 0 bridgehead atoms. The Kier molecular flexibility index (Phi) is 12.9. The summed E-state index contributed by atoms with van der Waals surface area (Å²) in [6.07, 6.45) is 2.90. The van der Waals surface area contributed by atoms with Gasteiger partial charge < -0.3 is 39.7 Å². The van der Waals surface area contributed by atoms with Gasteiger partial charge in [0.05, 0.1) is 42.5 Å². The van der Waals surface area contributed by atoms with Gasteiger partial charge in [-0.05, 0) is 64.3 Å². The molecular weight excluding hydrogens is 713 g/mol. The number of amides is 3. The number of hydrogen-bond donors (Lipinski definition) is 3. The van der Waals surface area contributed by atoms with Crippen LogP contribution >= 0.6 is 0 Å². The maximum atomic E-state index is 15.0. The predicted molar refractivity (Wildman–Crippen MR) is 201 cm³/mol. The lowest BCUT2D eigenvalue weighted by Crippen LogP contribution is -2.46. The highest BCUT2D eigenvalue weighted by Crippen LogP contribution is 2.46. The molecule has 0 saturated carbocycles. The van der Waals surface area contributed by atoms with Crippen LogP contribution in [0.15, 0.2) is 60.9 Å². The fourth-order valence-electron chi connectivity index (χ4n) is 6.43. The van der Waals surface area contributed by atoms with Crippen molar-refractivity contribution < 1.29 is 47.3 Å². The molecule has 2 aromatic carbocycles. The van der Waals surface area contributed by atoms with Crippen LogP contribution in [-0.4, -0.2) is 84.9 Å². The number of benzene rings is 2. The number of imide groups is 1. The van der Waals surface area contributed by atoms with Gasteiger partial charge in [-0.1, -0.05) is 24.3 Å². The molecule has 1 atom stereocenters. The van der Waals surface area contributed by atoms with Crippen molar-refractivity contribution in [2.45, 2.75) is 64.3 Å². The van der Waals surface area contributed by atoms with Gasteiger partial charge in [0, 0.05) is 61.7 Å². The molecule has 0 aliphatic carbocycles. The molecule has 15 heteroatoms. The Hall–Kier alpha value is -5.80. The second-order valence-electron chi connectivity index (χ2n) is 13.8. The molecule has 3 heterocycles. The number of hydrogen-bond acceptors (Lipinski definition) is 11. The fourth-order valence-corrected chi connectivity index (χ4v) is 6.43. The smallest absolute Gasteiger partial charge is 0.417 e. The summed E-state index contributed by atoms with van der Waals surface area (Å²) in [7, 11) is 4.38. The number of nitrogens with two attached hydrogens (primary N) is 1. The molecule has 0 radical (unpaired) electrons. The van der Waals surface area contributed by atoms with Gasteiger partial charge in [-0.2, -0.15) is 0 Å². The van der Waals surface area contributed by atoms with Crippen molar-refractivity contribution >= 4 is 35.1 Å². The number of nitrogens with one attached hydrogen (secondary N) is 2. The number of nitrogens with zero attached hydrogens (tertiary/aromatic N) is 2. The number of primary amides is 1. The molecular formula is C40H46FN5O9. The Morgan fingerprint density at radius 2 is 1.78 bits per heavy atom. The molecule has 14 nitrogen and oxygen atoms in total. The van der Waals surface area contributed by atoms with E-state index in [1.165, 1.54) is 45.7 Å². The molecule has 4 aromatic rings. The van der Waals surface area contributed by atoms with Crippen LogP contribution < -0.4 is 20.5 Å². The molecule has 1 aliphatic heterocycles. The summed E-state index contributed by atoms with van der Waals surface area (Å²) in [6.45, 7) is 5.22. The van der Waals surface area contributed by atoms with Crippen LogP contribution in [0.4, 0.5) is 20.6 Å². The maximum Gasteiger partial charge on any atom is 0.417 e. The summed E-state index contributed by atoms with van der Waals surface area (Å²) < 4.78 is 43.1. The lowest BCUT2D eigenvalue weighted by molar-refractivity contribution is -0.107. The molecule has 5 rings (SSSR count). The van der Waals surface area contributed by atoms with E-state index in [-0.39, 0.29) is 59.2 Å². The molecule has 1 aliphatic rings. The Morgan fingerprint density at radius 1 is 1.05 bits per heavy atom. The summed E-state index contributed by atoms with van der Waals surface area (Å²) in [4.78, 5) is 61.7. The average Bonchev–Trinajstić information content (AvgIpc) is 3.53. The molecule has 292 valence electrons. The summed E-state index contributed by atoms with van der Waals surface area (Å²) in [5.41, 5.74) is 6.93. The minimum absolute atomic E-state index is 0.00378. The quantitative estimate of drug-likeness (QED) is 0.0608. The number of anilines is 2. The molecule has 2 aromatic heterocycles. The van der Waals surface area contributed by atoms with Crippen molar-refractivity contribution in [3.05, 3.63) is 89.1 Å². The van der Waals surface area contributed by atoms with E-state index in [9.17, 15) is 19.2 Å². The Morgan fingerprint density at radius 3 is 2.45 bits per heavy atom. The lowest BCUT2D eigenvalue weighted by Gasteiger charge is -2.33. The van der Waals surface area contributed by atoms with Crippen LogP contribution in [0.1, 0.15) is 89.1 Å². The van der Waals surface area contributed by atoms with Crippen LogP contribution in [0.3, 0.4) is 0 Å². The largest absolute Gasteiger partial charge is 0.492 e. The third-order valence-corrected chi connectivity index (χ3v) is 8.97. The highest BCUT2D eigenvalue weighted by molar-refractivity contribution is 6.12.